The number of para-hydroxylation sites is 1. The number of aliphatic carboxylic acids is 1. The maximum absolute atomic E-state index is 11.4. The zero-order valence-electron chi connectivity index (χ0n) is 22.1. The Morgan fingerprint density at radius 3 is 2.61 bits per heavy atom. The Morgan fingerprint density at radius 1 is 1.05 bits per heavy atom. The highest BCUT2D eigenvalue weighted by Crippen LogP contribution is 2.52. The number of aliphatic hydroxyl groups excluding tert-OH is 1. The van der Waals surface area contributed by atoms with Crippen molar-refractivity contribution >= 4 is 34.8 Å². The van der Waals surface area contributed by atoms with Gasteiger partial charge in [-0.1, -0.05) is 42.8 Å². The maximum Gasteiger partial charge on any atom is 0.309 e. The summed E-state index contributed by atoms with van der Waals surface area (Å²) in [6.45, 7) is 4.96. The largest absolute Gasteiger partial charge is 0.481 e. The van der Waals surface area contributed by atoms with Gasteiger partial charge in [0.2, 0.25) is 5.69 Å². The third-order valence-corrected chi connectivity index (χ3v) is 8.70. The van der Waals surface area contributed by atoms with Crippen LogP contribution < -0.4 is 4.90 Å². The summed E-state index contributed by atoms with van der Waals surface area (Å²) in [4.78, 5) is 13.9. The molecule has 2 atom stereocenters. The molecule has 2 N–H and O–H groups in total. The molecule has 0 amide bonds. The molecule has 0 saturated heterocycles. The molecule has 194 valence electrons. The summed E-state index contributed by atoms with van der Waals surface area (Å²) in [5.74, 6) is -0.251. The van der Waals surface area contributed by atoms with E-state index in [9.17, 15) is 15.0 Å². The van der Waals surface area contributed by atoms with E-state index in [0.717, 1.165) is 17.0 Å². The van der Waals surface area contributed by atoms with Crippen molar-refractivity contribution in [2.24, 2.45) is 0 Å². The Hall–Kier alpha value is -3.70. The molecule has 5 heteroatoms. The van der Waals surface area contributed by atoms with Gasteiger partial charge in [-0.05, 0) is 73.7 Å². The van der Waals surface area contributed by atoms with E-state index in [1.54, 1.807) is 0 Å². The average molecular weight is 508 g/mol. The van der Waals surface area contributed by atoms with Crippen LogP contribution in [0.1, 0.15) is 67.7 Å². The molecule has 0 aromatic heterocycles. The number of carboxylic acid groups (broad SMARTS) is 1. The molecule has 3 aliphatic rings. The summed E-state index contributed by atoms with van der Waals surface area (Å²) in [5.41, 5.74) is 9.25. The lowest BCUT2D eigenvalue weighted by atomic mass is 9.81. The number of carbonyl (C=O) groups is 1. The zero-order valence-corrected chi connectivity index (χ0v) is 22.1. The molecule has 6 rings (SSSR count). The predicted octanol–water partition coefficient (Wildman–Crippen LogP) is 6.53. The van der Waals surface area contributed by atoms with Crippen LogP contribution in [0.15, 0.2) is 72.8 Å². The van der Waals surface area contributed by atoms with Crippen LogP contribution in [-0.2, 0) is 16.8 Å². The van der Waals surface area contributed by atoms with Gasteiger partial charge in [-0.2, -0.15) is 4.58 Å². The topological polar surface area (TPSA) is 63.8 Å². The fraction of sp³-hybridized carbons (Fsp3) is 0.333. The summed E-state index contributed by atoms with van der Waals surface area (Å²) in [5, 5.41) is 18.8. The quantitative estimate of drug-likeness (QED) is 0.357. The second-order valence-electron chi connectivity index (χ2n) is 11.3. The van der Waals surface area contributed by atoms with Crippen molar-refractivity contribution < 1.29 is 19.6 Å². The number of rotatable bonds is 7. The van der Waals surface area contributed by atoms with Gasteiger partial charge in [0, 0.05) is 41.0 Å². The molecule has 38 heavy (non-hydrogen) atoms. The number of nitrogens with zero attached hydrogens (tertiary/aromatic N) is 2. The lowest BCUT2D eigenvalue weighted by molar-refractivity contribution is -0.436. The Bertz CT molecular complexity index is 1450. The van der Waals surface area contributed by atoms with Gasteiger partial charge in [-0.3, -0.25) is 4.79 Å². The first kappa shape index (κ1) is 24.6. The molecule has 3 aromatic rings. The molecule has 1 fully saturated rings. The van der Waals surface area contributed by atoms with Crippen LogP contribution in [-0.4, -0.2) is 39.1 Å². The molecule has 5 nitrogen and oxygen atoms in total. The number of aliphatic hydroxyl groups is 1. The first-order chi connectivity index (χ1) is 18.4. The summed E-state index contributed by atoms with van der Waals surface area (Å²) in [6.07, 6.45) is 8.12. The molecule has 0 radical (unpaired) electrons. The average Bonchev–Trinajstić information content (AvgIpc) is 3.57. The van der Waals surface area contributed by atoms with Gasteiger partial charge in [0.05, 0.1) is 12.0 Å². The highest BCUT2D eigenvalue weighted by molar-refractivity contribution is 6.05. The number of carboxylic acids is 1. The monoisotopic (exact) mass is 507 g/mol. The Balaban J connectivity index is 1.35. The van der Waals surface area contributed by atoms with Gasteiger partial charge in [0.25, 0.3) is 0 Å². The third kappa shape index (κ3) is 4.06. The second-order valence-corrected chi connectivity index (χ2v) is 11.3. The maximum atomic E-state index is 11.4. The van der Waals surface area contributed by atoms with E-state index in [1.807, 2.05) is 18.2 Å². The minimum absolute atomic E-state index is 0.0627. The molecule has 1 saturated carbocycles. The van der Waals surface area contributed by atoms with E-state index in [0.29, 0.717) is 18.5 Å². The van der Waals surface area contributed by atoms with Crippen molar-refractivity contribution in [1.82, 2.24) is 0 Å². The number of hydrogen-bond donors (Lipinski definition) is 2. The lowest BCUT2D eigenvalue weighted by Crippen LogP contribution is -2.28. The SMILES string of the molecule is CC1(C)C(/C=C/c2ccc3c(c2)C2CCCC2N3c2ccc(CO)cc2)=[N+](CCC(=O)O)c2ccccc21. The van der Waals surface area contributed by atoms with Crippen LogP contribution >= 0.6 is 0 Å². The van der Waals surface area contributed by atoms with E-state index in [2.05, 4.69) is 84.0 Å². The van der Waals surface area contributed by atoms with Crippen LogP contribution in [0.3, 0.4) is 0 Å². The van der Waals surface area contributed by atoms with Gasteiger partial charge in [0.1, 0.15) is 6.42 Å². The fourth-order valence-electron chi connectivity index (χ4n) is 6.84. The molecule has 2 heterocycles. The first-order valence-corrected chi connectivity index (χ1v) is 13.7. The van der Waals surface area contributed by atoms with Gasteiger partial charge >= 0.3 is 5.97 Å². The number of allylic oxidation sites excluding steroid dienone is 1. The van der Waals surface area contributed by atoms with E-state index in [-0.39, 0.29) is 18.4 Å². The molecule has 1 aliphatic carbocycles. The van der Waals surface area contributed by atoms with Crippen molar-refractivity contribution in [3.8, 4) is 0 Å². The highest BCUT2D eigenvalue weighted by Gasteiger charge is 2.44. The minimum Gasteiger partial charge on any atom is -0.481 e. The van der Waals surface area contributed by atoms with Crippen molar-refractivity contribution in [3.63, 3.8) is 0 Å². The zero-order chi connectivity index (χ0) is 26.4. The van der Waals surface area contributed by atoms with Crippen molar-refractivity contribution in [3.05, 3.63) is 95.1 Å². The summed E-state index contributed by atoms with van der Waals surface area (Å²) < 4.78 is 2.18. The minimum atomic E-state index is -0.782. The van der Waals surface area contributed by atoms with Gasteiger partial charge < -0.3 is 15.1 Å². The number of fused-ring (bicyclic) bond motifs is 4. The Kier molecular flexibility index (Phi) is 6.19. The van der Waals surface area contributed by atoms with Gasteiger partial charge in [0.15, 0.2) is 12.3 Å². The second kappa shape index (κ2) is 9.55. The highest BCUT2D eigenvalue weighted by atomic mass is 16.4. The van der Waals surface area contributed by atoms with Gasteiger partial charge in [-0.25, -0.2) is 0 Å². The number of anilines is 2. The summed E-state index contributed by atoms with van der Waals surface area (Å²) in [7, 11) is 0. The molecule has 2 aliphatic heterocycles. The fourth-order valence-corrected chi connectivity index (χ4v) is 6.84. The normalized spacial score (nSPS) is 21.2. The molecule has 0 spiro atoms. The van der Waals surface area contributed by atoms with Crippen LogP contribution in [0.4, 0.5) is 17.1 Å². The predicted molar refractivity (Wildman–Crippen MR) is 152 cm³/mol. The van der Waals surface area contributed by atoms with Crippen LogP contribution in [0.2, 0.25) is 0 Å². The smallest absolute Gasteiger partial charge is 0.309 e. The first-order valence-electron chi connectivity index (χ1n) is 13.7. The van der Waals surface area contributed by atoms with Crippen LogP contribution in [0, 0.1) is 0 Å². The van der Waals surface area contributed by atoms with Crippen molar-refractivity contribution in [2.45, 2.75) is 63.5 Å². The molecule has 2 unspecified atom stereocenters. The summed E-state index contributed by atoms with van der Waals surface area (Å²) >= 11 is 0. The van der Waals surface area contributed by atoms with E-state index in [4.69, 9.17) is 0 Å². The Morgan fingerprint density at radius 2 is 1.84 bits per heavy atom. The van der Waals surface area contributed by atoms with E-state index in [1.165, 1.54) is 47.3 Å². The number of benzene rings is 3. The standard InChI is InChI=1S/C33H34N2O3/c1-33(2)27-7-3-4-8-30(27)34(19-18-32(37)38)31(33)17-13-22-12-16-29-26(20-22)25-6-5-9-28(25)35(29)24-14-10-23(21-36)11-15-24/h3-4,7-8,10-17,20,25,28,36H,5-6,9,18-19,21H2,1-2H3/p+1. The molecular formula is C33H35N2O3+. The van der Waals surface area contributed by atoms with Crippen LogP contribution in [0.5, 0.6) is 0 Å². The molecule has 0 bridgehead atoms. The number of hydrogen-bond acceptors (Lipinski definition) is 3. The van der Waals surface area contributed by atoms with Crippen LogP contribution in [0.25, 0.3) is 6.08 Å². The molecular weight excluding hydrogens is 472 g/mol. The van der Waals surface area contributed by atoms with Crippen molar-refractivity contribution in [2.75, 3.05) is 11.4 Å². The molecule has 3 aromatic carbocycles. The van der Waals surface area contributed by atoms with E-state index >= 15 is 0 Å². The Labute approximate surface area is 224 Å². The summed E-state index contributed by atoms with van der Waals surface area (Å²) in [6, 6.07) is 23.9. The third-order valence-electron chi connectivity index (χ3n) is 8.70. The van der Waals surface area contributed by atoms with Crippen molar-refractivity contribution in [1.29, 1.82) is 0 Å². The van der Waals surface area contributed by atoms with E-state index < -0.39 is 5.97 Å². The lowest BCUT2D eigenvalue weighted by Gasteiger charge is -2.27. The van der Waals surface area contributed by atoms with Gasteiger partial charge in [-0.15, -0.1) is 0 Å².